The predicted octanol–water partition coefficient (Wildman–Crippen LogP) is 6.96. The second-order valence-corrected chi connectivity index (χ2v) is 11.6. The van der Waals surface area contributed by atoms with Crippen LogP contribution in [0, 0.1) is 0 Å². The van der Waals surface area contributed by atoms with E-state index >= 15 is 0 Å². The zero-order valence-electron chi connectivity index (χ0n) is 22.5. The van der Waals surface area contributed by atoms with E-state index in [1.807, 2.05) is 0 Å². The third-order valence-corrected chi connectivity index (χ3v) is 7.57. The van der Waals surface area contributed by atoms with Crippen molar-refractivity contribution in [1.82, 2.24) is 4.57 Å². The van der Waals surface area contributed by atoms with Crippen molar-refractivity contribution in [3.05, 3.63) is 87.9 Å². The Labute approximate surface area is 216 Å². The molecule has 2 nitrogen and oxygen atoms in total. The highest BCUT2D eigenvalue weighted by molar-refractivity contribution is 7.09. The molecular formula is C31H39BN2S. The van der Waals surface area contributed by atoms with Crippen LogP contribution in [0.1, 0.15) is 101 Å². The molecule has 0 aliphatic rings. The first-order chi connectivity index (χ1) is 16.7. The zero-order chi connectivity index (χ0) is 25.3. The molecule has 0 spiro atoms. The fourth-order valence-electron chi connectivity index (χ4n) is 5.01. The Hall–Kier alpha value is -2.59. The summed E-state index contributed by atoms with van der Waals surface area (Å²) in [5.41, 5.74) is 10.6. The second kappa shape index (κ2) is 10.6. The van der Waals surface area contributed by atoms with Crippen molar-refractivity contribution in [2.75, 3.05) is 0 Å². The number of imidazole rings is 1. The summed E-state index contributed by atoms with van der Waals surface area (Å²) in [6.45, 7) is 18.4. The van der Waals surface area contributed by atoms with Gasteiger partial charge in [0.2, 0.25) is 0 Å². The molecule has 0 amide bonds. The number of rotatable bonds is 8. The van der Waals surface area contributed by atoms with Crippen LogP contribution in [0.3, 0.4) is 0 Å². The van der Waals surface area contributed by atoms with Crippen molar-refractivity contribution in [3.63, 3.8) is 0 Å². The molecule has 4 heteroatoms. The minimum Gasteiger partial charge on any atom is -0.256 e. The van der Waals surface area contributed by atoms with Crippen LogP contribution in [0.2, 0.25) is 0 Å². The highest BCUT2D eigenvalue weighted by atomic mass is 32.1. The third-order valence-electron chi connectivity index (χ3n) is 6.86. The van der Waals surface area contributed by atoms with E-state index in [1.54, 1.807) is 11.3 Å². The monoisotopic (exact) mass is 482 g/mol. The molecule has 0 saturated carbocycles. The molecule has 0 unspecified atom stereocenters. The van der Waals surface area contributed by atoms with E-state index in [1.165, 1.54) is 44.8 Å². The summed E-state index contributed by atoms with van der Waals surface area (Å²) in [5.74, 6) is 1.73. The second-order valence-electron chi connectivity index (χ2n) is 10.8. The van der Waals surface area contributed by atoms with Crippen LogP contribution in [-0.2, 0) is 0 Å². The first-order valence-electron chi connectivity index (χ1n) is 13.0. The Morgan fingerprint density at radius 3 is 1.69 bits per heavy atom. The molecule has 2 heterocycles. The summed E-state index contributed by atoms with van der Waals surface area (Å²) in [4.78, 5) is 0. The molecule has 182 valence electrons. The van der Waals surface area contributed by atoms with Gasteiger partial charge < -0.3 is 0 Å². The van der Waals surface area contributed by atoms with Gasteiger partial charge in [0.05, 0.1) is 0 Å². The molecule has 0 fully saturated rings. The summed E-state index contributed by atoms with van der Waals surface area (Å²) in [7, 11) is 2.35. The summed E-state index contributed by atoms with van der Waals surface area (Å²) in [6.07, 6.45) is 4.54. The molecule has 0 aliphatic carbocycles. The standard InChI is InChI=1S/C31H39BN2S/c1-20(2)25-11-9-12-26(21(3)4)29(25)33-16-17-34(31(33)32-24-15-18-35-19-24)30-27(22(5)6)13-10-14-28(30)23(7)8/h9-23H,1-8H3. The number of aromatic nitrogens is 2. The van der Waals surface area contributed by atoms with Crippen molar-refractivity contribution in [1.29, 1.82) is 0 Å². The van der Waals surface area contributed by atoms with Gasteiger partial charge in [-0.15, -0.1) is 7.28 Å². The highest BCUT2D eigenvalue weighted by Gasteiger charge is 2.25. The molecule has 0 N–H and O–H groups in total. The highest BCUT2D eigenvalue weighted by Crippen LogP contribution is 2.31. The molecule has 2 aromatic heterocycles. The maximum Gasteiger partial charge on any atom is 0.135 e. The van der Waals surface area contributed by atoms with Crippen LogP contribution in [0.5, 0.6) is 0 Å². The van der Waals surface area contributed by atoms with Crippen molar-refractivity contribution < 1.29 is 4.57 Å². The molecule has 35 heavy (non-hydrogen) atoms. The van der Waals surface area contributed by atoms with Gasteiger partial charge in [0.15, 0.2) is 0 Å². The summed E-state index contributed by atoms with van der Waals surface area (Å²) in [5, 5.41) is 4.39. The fraction of sp³-hybridized carbons (Fsp3) is 0.387. The van der Waals surface area contributed by atoms with E-state index in [-0.39, 0.29) is 0 Å². The molecule has 4 aromatic rings. The topological polar surface area (TPSA) is 8.81 Å². The van der Waals surface area contributed by atoms with Crippen molar-refractivity contribution in [3.8, 4) is 11.4 Å². The molecule has 0 atom stereocenters. The van der Waals surface area contributed by atoms with E-state index in [4.69, 9.17) is 0 Å². The van der Waals surface area contributed by atoms with Crippen LogP contribution >= 0.6 is 11.3 Å². The molecule has 0 bridgehead atoms. The number of nitrogens with zero attached hydrogens (tertiary/aromatic N) is 2. The number of benzene rings is 2. The lowest BCUT2D eigenvalue weighted by atomic mass is 9.70. The van der Waals surface area contributed by atoms with E-state index in [0.717, 1.165) is 0 Å². The van der Waals surface area contributed by atoms with E-state index < -0.39 is 0 Å². The van der Waals surface area contributed by atoms with Gasteiger partial charge in [-0.05, 0) is 34.4 Å². The molecule has 0 saturated heterocycles. The summed E-state index contributed by atoms with van der Waals surface area (Å²) >= 11 is 1.75. The predicted molar refractivity (Wildman–Crippen MR) is 153 cm³/mol. The van der Waals surface area contributed by atoms with E-state index in [0.29, 0.717) is 23.7 Å². The van der Waals surface area contributed by atoms with Gasteiger partial charge in [-0.1, -0.05) is 97.9 Å². The molecular weight excluding hydrogens is 443 g/mol. The van der Waals surface area contributed by atoms with Gasteiger partial charge in [-0.3, -0.25) is 5.46 Å². The average Bonchev–Trinajstić information content (AvgIpc) is 3.48. The molecule has 2 radical (unpaired) electrons. The summed E-state index contributed by atoms with van der Waals surface area (Å²) in [6, 6.07) is 15.8. The van der Waals surface area contributed by atoms with Crippen LogP contribution in [0.4, 0.5) is 0 Å². The lowest BCUT2D eigenvalue weighted by Crippen LogP contribution is -2.55. The maximum atomic E-state index is 2.43. The zero-order valence-corrected chi connectivity index (χ0v) is 23.4. The molecule has 2 aromatic carbocycles. The largest absolute Gasteiger partial charge is 0.256 e. The molecule has 0 aliphatic heterocycles. The normalized spacial score (nSPS) is 12.0. The first kappa shape index (κ1) is 25.5. The Bertz CT molecular complexity index is 1150. The van der Waals surface area contributed by atoms with Crippen LogP contribution < -0.4 is 15.8 Å². The Kier molecular flexibility index (Phi) is 7.71. The number of para-hydroxylation sites is 2. The minimum absolute atomic E-state index is 0.433. The van der Waals surface area contributed by atoms with E-state index in [9.17, 15) is 0 Å². The number of thiophene rings is 1. The lowest BCUT2D eigenvalue weighted by molar-refractivity contribution is -0.576. The van der Waals surface area contributed by atoms with Gasteiger partial charge in [0, 0.05) is 28.0 Å². The van der Waals surface area contributed by atoms with Gasteiger partial charge in [-0.25, -0.2) is 9.13 Å². The van der Waals surface area contributed by atoms with E-state index in [2.05, 4.69) is 137 Å². The summed E-state index contributed by atoms with van der Waals surface area (Å²) < 4.78 is 4.87. The first-order valence-corrected chi connectivity index (χ1v) is 13.9. The number of hydrogen-bond acceptors (Lipinski definition) is 1. The number of hydrogen-bond donors (Lipinski definition) is 0. The Morgan fingerprint density at radius 2 is 1.23 bits per heavy atom. The van der Waals surface area contributed by atoms with Crippen molar-refractivity contribution in [2.24, 2.45) is 0 Å². The quantitative estimate of drug-likeness (QED) is 0.190. The van der Waals surface area contributed by atoms with Gasteiger partial charge >= 0.3 is 0 Å². The minimum atomic E-state index is 0.433. The van der Waals surface area contributed by atoms with Gasteiger partial charge in [0.1, 0.15) is 23.8 Å². The van der Waals surface area contributed by atoms with Gasteiger partial charge in [-0.2, -0.15) is 11.3 Å². The Balaban J connectivity index is 2.07. The maximum absolute atomic E-state index is 2.43. The molecule has 4 rings (SSSR count). The van der Waals surface area contributed by atoms with Gasteiger partial charge in [0.25, 0.3) is 0 Å². The van der Waals surface area contributed by atoms with Crippen LogP contribution in [-0.4, -0.2) is 11.8 Å². The fourth-order valence-corrected chi connectivity index (χ4v) is 5.62. The van der Waals surface area contributed by atoms with Crippen molar-refractivity contribution in [2.45, 2.75) is 79.1 Å². The Morgan fingerprint density at radius 1 is 0.714 bits per heavy atom. The third kappa shape index (κ3) is 5.04. The smallest absolute Gasteiger partial charge is 0.135 e. The van der Waals surface area contributed by atoms with Crippen LogP contribution in [0.25, 0.3) is 11.4 Å². The van der Waals surface area contributed by atoms with Crippen LogP contribution in [0.15, 0.2) is 65.6 Å². The average molecular weight is 483 g/mol. The van der Waals surface area contributed by atoms with Crippen molar-refractivity contribution >= 4 is 29.8 Å². The SMILES string of the molecule is CC(C)c1cccc(C(C)C)c1-n1cc[n+](-c2c(C(C)C)cccc2C(C)C)c1[B-]c1ccsc1. The lowest BCUT2D eigenvalue weighted by Gasteiger charge is -2.24.